The molecule has 0 spiro atoms. The normalized spacial score (nSPS) is 19.9. The fraction of sp³-hybridized carbons (Fsp3) is 0.500. The van der Waals surface area contributed by atoms with Crippen LogP contribution >= 0.6 is 11.6 Å². The number of halogens is 1. The van der Waals surface area contributed by atoms with Crippen molar-refractivity contribution >= 4 is 11.6 Å². The van der Waals surface area contributed by atoms with E-state index < -0.39 is 0 Å². The summed E-state index contributed by atoms with van der Waals surface area (Å²) in [5.74, 6) is 0. The van der Waals surface area contributed by atoms with Gasteiger partial charge >= 0.3 is 0 Å². The molecule has 2 N–H and O–H groups in total. The zero-order valence-electron chi connectivity index (χ0n) is 8.52. The van der Waals surface area contributed by atoms with Crippen molar-refractivity contribution in [1.29, 1.82) is 0 Å². The predicted molar refractivity (Wildman–Crippen MR) is 60.5 cm³/mol. The van der Waals surface area contributed by atoms with Crippen LogP contribution in [0.3, 0.4) is 0 Å². The predicted octanol–water partition coefficient (Wildman–Crippen LogP) is 3.38. The van der Waals surface area contributed by atoms with Crippen molar-refractivity contribution < 1.29 is 0 Å². The lowest BCUT2D eigenvalue weighted by Gasteiger charge is -2.25. The van der Waals surface area contributed by atoms with E-state index in [2.05, 4.69) is 13.0 Å². The largest absolute Gasteiger partial charge is 0.321 e. The van der Waals surface area contributed by atoms with Crippen LogP contribution in [0.15, 0.2) is 18.2 Å². The highest BCUT2D eigenvalue weighted by molar-refractivity contribution is 6.31. The minimum atomic E-state index is -0.164. The Balaban J connectivity index is 2.44. The molecule has 1 fully saturated rings. The molecule has 0 aliphatic heterocycles. The van der Waals surface area contributed by atoms with Gasteiger partial charge in [-0.2, -0.15) is 0 Å². The Morgan fingerprint density at radius 1 is 1.29 bits per heavy atom. The highest BCUT2D eigenvalue weighted by Gasteiger charge is 2.32. The molecule has 76 valence electrons. The van der Waals surface area contributed by atoms with Gasteiger partial charge in [0.1, 0.15) is 0 Å². The molecule has 14 heavy (non-hydrogen) atoms. The molecule has 0 atom stereocenters. The zero-order valence-corrected chi connectivity index (χ0v) is 9.27. The number of aryl methyl sites for hydroxylation is 1. The van der Waals surface area contributed by atoms with Gasteiger partial charge in [-0.1, -0.05) is 42.1 Å². The van der Waals surface area contributed by atoms with Gasteiger partial charge in [0.15, 0.2) is 0 Å². The van der Waals surface area contributed by atoms with E-state index in [9.17, 15) is 0 Å². The third kappa shape index (κ3) is 1.67. The fourth-order valence-electron chi connectivity index (χ4n) is 2.30. The standard InChI is InChI=1S/C12H16ClN/c1-9-4-5-11(13)10(8-9)12(14)6-2-3-7-12/h4-5,8H,2-3,6-7,14H2,1H3. The molecule has 1 aliphatic rings. The first-order valence-corrected chi connectivity index (χ1v) is 5.55. The molecule has 1 aliphatic carbocycles. The smallest absolute Gasteiger partial charge is 0.0456 e. The molecular weight excluding hydrogens is 194 g/mol. The summed E-state index contributed by atoms with van der Waals surface area (Å²) in [4.78, 5) is 0. The van der Waals surface area contributed by atoms with Crippen molar-refractivity contribution in [2.45, 2.75) is 38.1 Å². The van der Waals surface area contributed by atoms with E-state index in [-0.39, 0.29) is 5.54 Å². The molecule has 1 saturated carbocycles. The maximum Gasteiger partial charge on any atom is 0.0456 e. The average molecular weight is 210 g/mol. The van der Waals surface area contributed by atoms with Crippen LogP contribution in [0.1, 0.15) is 36.8 Å². The van der Waals surface area contributed by atoms with Gasteiger partial charge in [0.2, 0.25) is 0 Å². The lowest BCUT2D eigenvalue weighted by Crippen LogP contribution is -2.33. The van der Waals surface area contributed by atoms with Gasteiger partial charge < -0.3 is 5.73 Å². The summed E-state index contributed by atoms with van der Waals surface area (Å²) in [7, 11) is 0. The Morgan fingerprint density at radius 3 is 2.57 bits per heavy atom. The van der Waals surface area contributed by atoms with E-state index in [1.807, 2.05) is 12.1 Å². The highest BCUT2D eigenvalue weighted by atomic mass is 35.5. The maximum atomic E-state index is 6.37. The molecule has 1 aromatic rings. The number of hydrogen-bond acceptors (Lipinski definition) is 1. The lowest BCUT2D eigenvalue weighted by molar-refractivity contribution is 0.461. The topological polar surface area (TPSA) is 26.0 Å². The average Bonchev–Trinajstić information content (AvgIpc) is 2.58. The SMILES string of the molecule is Cc1ccc(Cl)c(C2(N)CCCC2)c1. The van der Waals surface area contributed by atoms with Gasteiger partial charge in [0.25, 0.3) is 0 Å². The van der Waals surface area contributed by atoms with Crippen LogP contribution in [-0.4, -0.2) is 0 Å². The zero-order chi connectivity index (χ0) is 10.2. The van der Waals surface area contributed by atoms with Crippen LogP contribution in [0.4, 0.5) is 0 Å². The Kier molecular flexibility index (Phi) is 2.54. The van der Waals surface area contributed by atoms with E-state index in [0.717, 1.165) is 23.4 Å². The van der Waals surface area contributed by atoms with Crippen LogP contribution in [0, 0.1) is 6.92 Å². The molecule has 1 nitrogen and oxygen atoms in total. The minimum Gasteiger partial charge on any atom is -0.321 e. The molecule has 0 unspecified atom stereocenters. The number of hydrogen-bond donors (Lipinski definition) is 1. The molecule has 1 aromatic carbocycles. The summed E-state index contributed by atoms with van der Waals surface area (Å²) in [6.07, 6.45) is 4.58. The molecule has 0 heterocycles. The first-order chi connectivity index (χ1) is 6.62. The fourth-order valence-corrected chi connectivity index (χ4v) is 2.60. The minimum absolute atomic E-state index is 0.164. The van der Waals surface area contributed by atoms with Gasteiger partial charge in [0.05, 0.1) is 0 Å². The summed E-state index contributed by atoms with van der Waals surface area (Å²) in [6, 6.07) is 6.12. The van der Waals surface area contributed by atoms with E-state index in [0.29, 0.717) is 0 Å². The summed E-state index contributed by atoms with van der Waals surface area (Å²) >= 11 is 6.19. The Labute approximate surface area is 90.3 Å². The van der Waals surface area contributed by atoms with Crippen LogP contribution in [0.25, 0.3) is 0 Å². The summed E-state index contributed by atoms with van der Waals surface area (Å²) in [5.41, 5.74) is 8.58. The van der Waals surface area contributed by atoms with Crippen molar-refractivity contribution in [3.8, 4) is 0 Å². The summed E-state index contributed by atoms with van der Waals surface area (Å²) in [5, 5.41) is 0.819. The second-order valence-electron chi connectivity index (χ2n) is 4.35. The van der Waals surface area contributed by atoms with Gasteiger partial charge in [-0.25, -0.2) is 0 Å². The summed E-state index contributed by atoms with van der Waals surface area (Å²) < 4.78 is 0. The van der Waals surface area contributed by atoms with Crippen LogP contribution in [0.5, 0.6) is 0 Å². The van der Waals surface area contributed by atoms with Gasteiger partial charge in [-0.3, -0.25) is 0 Å². The van der Waals surface area contributed by atoms with Gasteiger partial charge in [0, 0.05) is 10.6 Å². The van der Waals surface area contributed by atoms with E-state index in [1.54, 1.807) is 0 Å². The first-order valence-electron chi connectivity index (χ1n) is 5.17. The third-order valence-corrected chi connectivity index (χ3v) is 3.48. The Bertz CT molecular complexity index is 340. The molecule has 0 saturated heterocycles. The second kappa shape index (κ2) is 3.56. The monoisotopic (exact) mass is 209 g/mol. The number of benzene rings is 1. The van der Waals surface area contributed by atoms with E-state index in [4.69, 9.17) is 17.3 Å². The third-order valence-electron chi connectivity index (χ3n) is 3.15. The second-order valence-corrected chi connectivity index (χ2v) is 4.75. The molecule has 0 radical (unpaired) electrons. The number of rotatable bonds is 1. The van der Waals surface area contributed by atoms with Crippen LogP contribution < -0.4 is 5.73 Å². The maximum absolute atomic E-state index is 6.37. The molecule has 2 rings (SSSR count). The molecule has 0 bridgehead atoms. The van der Waals surface area contributed by atoms with E-state index in [1.165, 1.54) is 18.4 Å². The number of nitrogens with two attached hydrogens (primary N) is 1. The van der Waals surface area contributed by atoms with Crippen LogP contribution in [-0.2, 0) is 5.54 Å². The molecule has 0 aromatic heterocycles. The van der Waals surface area contributed by atoms with Crippen molar-refractivity contribution in [3.63, 3.8) is 0 Å². The van der Waals surface area contributed by atoms with Crippen molar-refractivity contribution in [1.82, 2.24) is 0 Å². The first kappa shape index (κ1) is 10.0. The van der Waals surface area contributed by atoms with Crippen LogP contribution in [0.2, 0.25) is 5.02 Å². The molecular formula is C12H16ClN. The van der Waals surface area contributed by atoms with E-state index >= 15 is 0 Å². The lowest BCUT2D eigenvalue weighted by atomic mass is 9.88. The molecule has 2 heteroatoms. The van der Waals surface area contributed by atoms with Crippen molar-refractivity contribution in [3.05, 3.63) is 34.3 Å². The Hall–Kier alpha value is -0.530. The van der Waals surface area contributed by atoms with Crippen molar-refractivity contribution in [2.75, 3.05) is 0 Å². The Morgan fingerprint density at radius 2 is 1.93 bits per heavy atom. The molecule has 0 amide bonds. The van der Waals surface area contributed by atoms with Gasteiger partial charge in [-0.15, -0.1) is 0 Å². The van der Waals surface area contributed by atoms with Gasteiger partial charge in [-0.05, 0) is 31.4 Å². The summed E-state index contributed by atoms with van der Waals surface area (Å²) in [6.45, 7) is 2.08. The quantitative estimate of drug-likeness (QED) is 0.754. The van der Waals surface area contributed by atoms with Crippen molar-refractivity contribution in [2.24, 2.45) is 5.73 Å². The highest BCUT2D eigenvalue weighted by Crippen LogP contribution is 2.39.